The molecule has 0 radical (unpaired) electrons. The van der Waals surface area contributed by atoms with Crippen LogP contribution in [0.25, 0.3) is 0 Å². The standard InChI is InChI=1S/C11H11Cl2N5O/c12-7-3-8(13)5-9(4-7)15-11(19)10-6-18(2-1-14)17-16-10/h3-6H,1-2,14H2,(H,15,19). The molecule has 1 aromatic carbocycles. The summed E-state index contributed by atoms with van der Waals surface area (Å²) >= 11 is 11.7. The van der Waals surface area contributed by atoms with E-state index in [9.17, 15) is 4.79 Å². The zero-order valence-electron chi connectivity index (χ0n) is 9.81. The molecule has 0 spiro atoms. The van der Waals surface area contributed by atoms with Gasteiger partial charge in [0.2, 0.25) is 0 Å². The second kappa shape index (κ2) is 6.01. The van der Waals surface area contributed by atoms with E-state index in [-0.39, 0.29) is 11.6 Å². The third kappa shape index (κ3) is 3.66. The number of nitrogens with two attached hydrogens (primary N) is 1. The highest BCUT2D eigenvalue weighted by molar-refractivity contribution is 6.35. The van der Waals surface area contributed by atoms with Gasteiger partial charge in [-0.05, 0) is 18.2 Å². The number of carbonyl (C=O) groups is 1. The van der Waals surface area contributed by atoms with E-state index in [1.165, 1.54) is 10.9 Å². The fourth-order valence-electron chi connectivity index (χ4n) is 1.47. The molecule has 2 rings (SSSR count). The SMILES string of the molecule is NCCn1cc(C(=O)Nc2cc(Cl)cc(Cl)c2)nn1. The monoisotopic (exact) mass is 299 g/mol. The lowest BCUT2D eigenvalue weighted by molar-refractivity contribution is 0.102. The normalized spacial score (nSPS) is 10.5. The Morgan fingerprint density at radius 2 is 2.00 bits per heavy atom. The van der Waals surface area contributed by atoms with Crippen molar-refractivity contribution in [3.63, 3.8) is 0 Å². The molecule has 0 fully saturated rings. The number of aromatic nitrogens is 3. The third-order valence-corrected chi connectivity index (χ3v) is 2.69. The fourth-order valence-corrected chi connectivity index (χ4v) is 1.99. The summed E-state index contributed by atoms with van der Waals surface area (Å²) < 4.78 is 1.50. The van der Waals surface area contributed by atoms with Crippen molar-refractivity contribution in [2.45, 2.75) is 6.54 Å². The van der Waals surface area contributed by atoms with Crippen LogP contribution in [0.5, 0.6) is 0 Å². The maximum absolute atomic E-state index is 11.9. The molecule has 0 aliphatic carbocycles. The van der Waals surface area contributed by atoms with Gasteiger partial charge in [0.15, 0.2) is 5.69 Å². The van der Waals surface area contributed by atoms with Gasteiger partial charge in [0.05, 0.1) is 12.7 Å². The molecule has 0 bridgehead atoms. The first-order valence-electron chi connectivity index (χ1n) is 5.46. The molecule has 0 saturated heterocycles. The predicted molar refractivity (Wildman–Crippen MR) is 73.5 cm³/mol. The van der Waals surface area contributed by atoms with Crippen LogP contribution in [0, 0.1) is 0 Å². The molecule has 0 saturated carbocycles. The van der Waals surface area contributed by atoms with Crippen LogP contribution >= 0.6 is 23.2 Å². The summed E-state index contributed by atoms with van der Waals surface area (Å²) in [5, 5.41) is 11.1. The number of hydrogen-bond donors (Lipinski definition) is 2. The molecule has 0 aliphatic heterocycles. The Morgan fingerprint density at radius 1 is 1.32 bits per heavy atom. The summed E-state index contributed by atoms with van der Waals surface area (Å²) in [6.07, 6.45) is 1.52. The maximum Gasteiger partial charge on any atom is 0.277 e. The summed E-state index contributed by atoms with van der Waals surface area (Å²) in [7, 11) is 0. The number of nitrogens with zero attached hydrogens (tertiary/aromatic N) is 3. The van der Waals surface area contributed by atoms with Gasteiger partial charge < -0.3 is 11.1 Å². The first-order valence-corrected chi connectivity index (χ1v) is 6.22. The lowest BCUT2D eigenvalue weighted by atomic mass is 10.3. The van der Waals surface area contributed by atoms with E-state index in [1.54, 1.807) is 18.2 Å². The summed E-state index contributed by atoms with van der Waals surface area (Å²) in [6.45, 7) is 0.928. The zero-order valence-corrected chi connectivity index (χ0v) is 11.3. The second-order valence-electron chi connectivity index (χ2n) is 3.77. The minimum atomic E-state index is -0.387. The molecule has 100 valence electrons. The number of anilines is 1. The van der Waals surface area contributed by atoms with Crippen molar-refractivity contribution in [3.8, 4) is 0 Å². The van der Waals surface area contributed by atoms with E-state index in [0.29, 0.717) is 28.8 Å². The van der Waals surface area contributed by atoms with Crippen LogP contribution in [-0.2, 0) is 6.54 Å². The Balaban J connectivity index is 2.11. The topological polar surface area (TPSA) is 85.8 Å². The van der Waals surface area contributed by atoms with Crippen LogP contribution in [0.3, 0.4) is 0 Å². The van der Waals surface area contributed by atoms with E-state index in [1.807, 2.05) is 0 Å². The molecule has 0 aliphatic rings. The highest BCUT2D eigenvalue weighted by atomic mass is 35.5. The van der Waals surface area contributed by atoms with Gasteiger partial charge in [-0.25, -0.2) is 0 Å². The van der Waals surface area contributed by atoms with E-state index in [0.717, 1.165) is 0 Å². The molecule has 0 atom stereocenters. The summed E-state index contributed by atoms with van der Waals surface area (Å²) in [5.41, 5.74) is 6.08. The quantitative estimate of drug-likeness (QED) is 0.901. The van der Waals surface area contributed by atoms with Crippen molar-refractivity contribution >= 4 is 34.8 Å². The van der Waals surface area contributed by atoms with Crippen LogP contribution in [-0.4, -0.2) is 27.4 Å². The Labute approximate surface area is 119 Å². The summed E-state index contributed by atoms with van der Waals surface area (Å²) in [4.78, 5) is 11.9. The number of carbonyl (C=O) groups excluding carboxylic acids is 1. The lowest BCUT2D eigenvalue weighted by Gasteiger charge is -2.04. The first kappa shape index (κ1) is 13.8. The Morgan fingerprint density at radius 3 is 2.63 bits per heavy atom. The Bertz CT molecular complexity index is 578. The Hall–Kier alpha value is -1.63. The minimum absolute atomic E-state index is 0.199. The van der Waals surface area contributed by atoms with Crippen molar-refractivity contribution in [2.24, 2.45) is 5.73 Å². The molecule has 19 heavy (non-hydrogen) atoms. The molecule has 1 heterocycles. The Kier molecular flexibility index (Phi) is 4.36. The van der Waals surface area contributed by atoms with Crippen molar-refractivity contribution in [1.82, 2.24) is 15.0 Å². The van der Waals surface area contributed by atoms with Crippen molar-refractivity contribution in [3.05, 3.63) is 40.1 Å². The van der Waals surface area contributed by atoms with E-state index >= 15 is 0 Å². The number of halogens is 2. The highest BCUT2D eigenvalue weighted by Crippen LogP contribution is 2.22. The average Bonchev–Trinajstić information content (AvgIpc) is 2.76. The van der Waals surface area contributed by atoms with Gasteiger partial charge in [-0.3, -0.25) is 9.48 Å². The molecule has 0 unspecified atom stereocenters. The van der Waals surface area contributed by atoms with Gasteiger partial charge in [0.25, 0.3) is 5.91 Å². The molecule has 8 heteroatoms. The van der Waals surface area contributed by atoms with E-state index < -0.39 is 0 Å². The highest BCUT2D eigenvalue weighted by Gasteiger charge is 2.11. The van der Waals surface area contributed by atoms with Crippen LogP contribution in [0.15, 0.2) is 24.4 Å². The van der Waals surface area contributed by atoms with Crippen molar-refractivity contribution in [1.29, 1.82) is 0 Å². The van der Waals surface area contributed by atoms with Crippen LogP contribution < -0.4 is 11.1 Å². The number of rotatable bonds is 4. The lowest BCUT2D eigenvalue weighted by Crippen LogP contribution is -2.12. The molecular formula is C11H11Cl2N5O. The second-order valence-corrected chi connectivity index (χ2v) is 4.64. The maximum atomic E-state index is 11.9. The number of amides is 1. The largest absolute Gasteiger partial charge is 0.329 e. The fraction of sp³-hybridized carbons (Fsp3) is 0.182. The van der Waals surface area contributed by atoms with Gasteiger partial charge in [0.1, 0.15) is 0 Å². The van der Waals surface area contributed by atoms with Gasteiger partial charge in [-0.15, -0.1) is 5.10 Å². The van der Waals surface area contributed by atoms with Crippen LogP contribution in [0.4, 0.5) is 5.69 Å². The number of benzene rings is 1. The van der Waals surface area contributed by atoms with Crippen molar-refractivity contribution < 1.29 is 4.79 Å². The van der Waals surface area contributed by atoms with Gasteiger partial charge in [0, 0.05) is 22.3 Å². The van der Waals surface area contributed by atoms with E-state index in [2.05, 4.69) is 15.6 Å². The summed E-state index contributed by atoms with van der Waals surface area (Å²) in [5.74, 6) is -0.387. The van der Waals surface area contributed by atoms with Gasteiger partial charge >= 0.3 is 0 Å². The molecule has 6 nitrogen and oxygen atoms in total. The molecule has 1 amide bonds. The van der Waals surface area contributed by atoms with E-state index in [4.69, 9.17) is 28.9 Å². The van der Waals surface area contributed by atoms with Crippen LogP contribution in [0.2, 0.25) is 10.0 Å². The number of hydrogen-bond acceptors (Lipinski definition) is 4. The molecule has 3 N–H and O–H groups in total. The zero-order chi connectivity index (χ0) is 13.8. The third-order valence-electron chi connectivity index (χ3n) is 2.25. The molecule has 1 aromatic heterocycles. The molecular weight excluding hydrogens is 289 g/mol. The first-order chi connectivity index (χ1) is 9.08. The van der Waals surface area contributed by atoms with Crippen LogP contribution in [0.1, 0.15) is 10.5 Å². The van der Waals surface area contributed by atoms with Crippen molar-refractivity contribution in [2.75, 3.05) is 11.9 Å². The smallest absolute Gasteiger partial charge is 0.277 e. The summed E-state index contributed by atoms with van der Waals surface area (Å²) in [6, 6.07) is 4.77. The van der Waals surface area contributed by atoms with Gasteiger partial charge in [-0.2, -0.15) is 0 Å². The average molecular weight is 300 g/mol. The number of nitrogens with one attached hydrogen (secondary N) is 1. The minimum Gasteiger partial charge on any atom is -0.329 e. The van der Waals surface area contributed by atoms with Gasteiger partial charge in [-0.1, -0.05) is 28.4 Å². The molecule has 2 aromatic rings. The predicted octanol–water partition coefficient (Wildman–Crippen LogP) is 1.80.